The van der Waals surface area contributed by atoms with E-state index in [2.05, 4.69) is 10.6 Å². The van der Waals surface area contributed by atoms with Crippen molar-refractivity contribution in [2.75, 3.05) is 11.9 Å². The van der Waals surface area contributed by atoms with Gasteiger partial charge >= 0.3 is 0 Å². The maximum absolute atomic E-state index is 14.0. The molecular formula is C17H25FN2. The van der Waals surface area contributed by atoms with E-state index in [1.807, 2.05) is 19.1 Å². The van der Waals surface area contributed by atoms with Gasteiger partial charge in [-0.2, -0.15) is 0 Å². The number of anilines is 1. The number of nitrogens with one attached hydrogen (secondary N) is 2. The van der Waals surface area contributed by atoms with Gasteiger partial charge in [-0.3, -0.25) is 0 Å². The first-order valence-corrected chi connectivity index (χ1v) is 8.00. The SMILES string of the molecule is Cc1ccc(F)c(NC2CCCCC2C2CCCN2)c1. The smallest absolute Gasteiger partial charge is 0.146 e. The molecule has 2 aliphatic rings. The summed E-state index contributed by atoms with van der Waals surface area (Å²) in [5, 5.41) is 7.14. The fraction of sp³-hybridized carbons (Fsp3) is 0.647. The molecule has 2 fully saturated rings. The van der Waals surface area contributed by atoms with Gasteiger partial charge in [-0.1, -0.05) is 18.9 Å². The van der Waals surface area contributed by atoms with Crippen molar-refractivity contribution in [1.82, 2.24) is 5.32 Å². The van der Waals surface area contributed by atoms with Crippen LogP contribution in [0, 0.1) is 18.7 Å². The summed E-state index contributed by atoms with van der Waals surface area (Å²) in [5.41, 5.74) is 1.79. The monoisotopic (exact) mass is 276 g/mol. The van der Waals surface area contributed by atoms with Crippen molar-refractivity contribution in [3.05, 3.63) is 29.6 Å². The molecule has 110 valence electrons. The number of aryl methyl sites for hydroxylation is 1. The Morgan fingerprint density at radius 1 is 1.15 bits per heavy atom. The molecule has 0 amide bonds. The summed E-state index contributed by atoms with van der Waals surface area (Å²) in [5.74, 6) is 0.519. The molecule has 3 rings (SSSR count). The Kier molecular flexibility index (Phi) is 4.25. The number of hydrogen-bond acceptors (Lipinski definition) is 2. The Hall–Kier alpha value is -1.09. The average molecular weight is 276 g/mol. The lowest BCUT2D eigenvalue weighted by Gasteiger charge is -2.37. The van der Waals surface area contributed by atoms with Gasteiger partial charge in [0.15, 0.2) is 0 Å². The van der Waals surface area contributed by atoms with Crippen LogP contribution in [0.2, 0.25) is 0 Å². The molecule has 0 aromatic heterocycles. The first-order valence-electron chi connectivity index (χ1n) is 8.00. The highest BCUT2D eigenvalue weighted by atomic mass is 19.1. The molecule has 2 nitrogen and oxygen atoms in total. The molecule has 1 aliphatic heterocycles. The Bertz CT molecular complexity index is 454. The highest BCUT2D eigenvalue weighted by Crippen LogP contribution is 2.33. The quantitative estimate of drug-likeness (QED) is 0.876. The first-order chi connectivity index (χ1) is 9.74. The highest BCUT2D eigenvalue weighted by Gasteiger charge is 2.33. The summed E-state index contributed by atoms with van der Waals surface area (Å²) in [4.78, 5) is 0. The predicted octanol–water partition coefficient (Wildman–Crippen LogP) is 3.86. The summed E-state index contributed by atoms with van der Waals surface area (Å²) in [6.07, 6.45) is 7.57. The third-order valence-corrected chi connectivity index (χ3v) is 4.90. The van der Waals surface area contributed by atoms with Crippen molar-refractivity contribution in [3.8, 4) is 0 Å². The zero-order valence-corrected chi connectivity index (χ0v) is 12.3. The summed E-state index contributed by atoms with van der Waals surface area (Å²) in [6.45, 7) is 3.16. The van der Waals surface area contributed by atoms with Crippen molar-refractivity contribution in [2.45, 2.75) is 57.5 Å². The lowest BCUT2D eigenvalue weighted by Crippen LogP contribution is -2.43. The van der Waals surface area contributed by atoms with Crippen LogP contribution in [-0.2, 0) is 0 Å². The van der Waals surface area contributed by atoms with E-state index in [1.165, 1.54) is 32.1 Å². The van der Waals surface area contributed by atoms with E-state index in [0.717, 1.165) is 18.5 Å². The van der Waals surface area contributed by atoms with E-state index in [9.17, 15) is 4.39 Å². The van der Waals surface area contributed by atoms with E-state index in [1.54, 1.807) is 6.07 Å². The van der Waals surface area contributed by atoms with Crippen LogP contribution in [0.15, 0.2) is 18.2 Å². The van der Waals surface area contributed by atoms with Gasteiger partial charge in [0.1, 0.15) is 5.82 Å². The van der Waals surface area contributed by atoms with E-state index >= 15 is 0 Å². The predicted molar refractivity (Wildman–Crippen MR) is 81.5 cm³/mol. The Morgan fingerprint density at radius 2 is 2.00 bits per heavy atom. The van der Waals surface area contributed by atoms with Crippen LogP contribution in [0.25, 0.3) is 0 Å². The van der Waals surface area contributed by atoms with Gasteiger partial charge in [-0.05, 0) is 62.8 Å². The molecule has 0 bridgehead atoms. The summed E-state index contributed by atoms with van der Waals surface area (Å²) in [7, 11) is 0. The molecular weight excluding hydrogens is 251 g/mol. The molecule has 0 spiro atoms. The van der Waals surface area contributed by atoms with Gasteiger partial charge in [0, 0.05) is 12.1 Å². The molecule has 3 unspecified atom stereocenters. The van der Waals surface area contributed by atoms with Gasteiger partial charge in [-0.25, -0.2) is 4.39 Å². The zero-order valence-electron chi connectivity index (χ0n) is 12.3. The van der Waals surface area contributed by atoms with Crippen molar-refractivity contribution in [2.24, 2.45) is 5.92 Å². The van der Waals surface area contributed by atoms with Gasteiger partial charge in [0.05, 0.1) is 5.69 Å². The average Bonchev–Trinajstić information content (AvgIpc) is 2.97. The second-order valence-electron chi connectivity index (χ2n) is 6.39. The molecule has 1 heterocycles. The third kappa shape index (κ3) is 2.98. The Morgan fingerprint density at radius 3 is 2.80 bits per heavy atom. The van der Waals surface area contributed by atoms with Crippen molar-refractivity contribution >= 4 is 5.69 Å². The van der Waals surface area contributed by atoms with Gasteiger partial charge in [0.25, 0.3) is 0 Å². The van der Waals surface area contributed by atoms with Crippen LogP contribution in [0.5, 0.6) is 0 Å². The Labute approximate surface area is 121 Å². The lowest BCUT2D eigenvalue weighted by atomic mass is 9.79. The number of halogens is 1. The van der Waals surface area contributed by atoms with Gasteiger partial charge in [0.2, 0.25) is 0 Å². The molecule has 2 N–H and O–H groups in total. The highest BCUT2D eigenvalue weighted by molar-refractivity contribution is 5.48. The zero-order chi connectivity index (χ0) is 13.9. The summed E-state index contributed by atoms with van der Waals surface area (Å²) in [6, 6.07) is 6.38. The fourth-order valence-corrected chi connectivity index (χ4v) is 3.85. The maximum Gasteiger partial charge on any atom is 0.146 e. The molecule has 20 heavy (non-hydrogen) atoms. The maximum atomic E-state index is 14.0. The third-order valence-electron chi connectivity index (χ3n) is 4.90. The van der Waals surface area contributed by atoms with Crippen molar-refractivity contribution in [3.63, 3.8) is 0 Å². The normalized spacial score (nSPS) is 30.4. The molecule has 0 radical (unpaired) electrons. The minimum Gasteiger partial charge on any atom is -0.380 e. The fourth-order valence-electron chi connectivity index (χ4n) is 3.85. The molecule has 1 aliphatic carbocycles. The minimum atomic E-state index is -0.126. The largest absolute Gasteiger partial charge is 0.380 e. The van der Waals surface area contributed by atoms with Crippen LogP contribution in [-0.4, -0.2) is 18.6 Å². The molecule has 1 saturated heterocycles. The lowest BCUT2D eigenvalue weighted by molar-refractivity contribution is 0.262. The number of rotatable bonds is 3. The van der Waals surface area contributed by atoms with E-state index in [0.29, 0.717) is 23.7 Å². The van der Waals surface area contributed by atoms with E-state index < -0.39 is 0 Å². The molecule has 1 aromatic rings. The topological polar surface area (TPSA) is 24.1 Å². The Balaban J connectivity index is 1.74. The molecule has 3 heteroatoms. The van der Waals surface area contributed by atoms with Gasteiger partial charge < -0.3 is 10.6 Å². The van der Waals surface area contributed by atoms with E-state index in [-0.39, 0.29) is 5.82 Å². The molecule has 1 aromatic carbocycles. The second-order valence-corrected chi connectivity index (χ2v) is 6.39. The summed E-state index contributed by atoms with van der Waals surface area (Å²) >= 11 is 0. The standard InChI is InChI=1S/C17H25FN2/c1-12-8-9-14(18)17(11-12)20-16-6-3-2-5-13(16)15-7-4-10-19-15/h8-9,11,13,15-16,19-20H,2-7,10H2,1H3. The molecule has 3 atom stereocenters. The van der Waals surface area contributed by atoms with Gasteiger partial charge in [-0.15, -0.1) is 0 Å². The van der Waals surface area contributed by atoms with Crippen LogP contribution < -0.4 is 10.6 Å². The van der Waals surface area contributed by atoms with Crippen LogP contribution >= 0.6 is 0 Å². The first kappa shape index (κ1) is 13.9. The number of benzene rings is 1. The van der Waals surface area contributed by atoms with Crippen molar-refractivity contribution in [1.29, 1.82) is 0 Å². The van der Waals surface area contributed by atoms with E-state index in [4.69, 9.17) is 0 Å². The van der Waals surface area contributed by atoms with Crippen LogP contribution in [0.1, 0.15) is 44.1 Å². The second kappa shape index (κ2) is 6.13. The van der Waals surface area contributed by atoms with Crippen LogP contribution in [0.3, 0.4) is 0 Å². The summed E-state index contributed by atoms with van der Waals surface area (Å²) < 4.78 is 14.0. The minimum absolute atomic E-state index is 0.126. The number of hydrogen-bond donors (Lipinski definition) is 2. The molecule has 1 saturated carbocycles. The van der Waals surface area contributed by atoms with Crippen LogP contribution in [0.4, 0.5) is 10.1 Å². The van der Waals surface area contributed by atoms with Crippen molar-refractivity contribution < 1.29 is 4.39 Å².